The van der Waals surface area contributed by atoms with Crippen LogP contribution in [0.15, 0.2) is 25.3 Å². The Morgan fingerprint density at radius 2 is 1.97 bits per heavy atom. The van der Waals surface area contributed by atoms with E-state index < -0.39 is 46.6 Å². The molecule has 3 fully saturated rings. The summed E-state index contributed by atoms with van der Waals surface area (Å²) in [5.41, 5.74) is -2.62. The first-order chi connectivity index (χ1) is 16.8. The number of carbonyl (C=O) groups excluding carboxylic acids is 3. The third kappa shape index (κ3) is 4.40. The highest BCUT2D eigenvalue weighted by molar-refractivity contribution is 5.99. The summed E-state index contributed by atoms with van der Waals surface area (Å²) in [4.78, 5) is 44.9. The molecule has 0 aromatic heterocycles. The largest absolute Gasteiger partial charge is 0.465 e. The van der Waals surface area contributed by atoms with Crippen molar-refractivity contribution in [1.29, 1.82) is 0 Å². The molecule has 36 heavy (non-hydrogen) atoms. The number of aliphatic hydroxyl groups excluding tert-OH is 1. The summed E-state index contributed by atoms with van der Waals surface area (Å²) in [5, 5.41) is 10.0. The van der Waals surface area contributed by atoms with Crippen LogP contribution in [0.4, 0.5) is 0 Å². The van der Waals surface area contributed by atoms with Crippen molar-refractivity contribution in [1.82, 2.24) is 9.80 Å². The molecule has 3 aliphatic rings. The molecule has 2 amide bonds. The van der Waals surface area contributed by atoms with Crippen LogP contribution in [0.5, 0.6) is 0 Å². The molecule has 2 bridgehead atoms. The van der Waals surface area contributed by atoms with Crippen molar-refractivity contribution in [2.24, 2.45) is 17.8 Å². The third-order valence-corrected chi connectivity index (χ3v) is 8.41. The lowest BCUT2D eigenvalue weighted by molar-refractivity contribution is -0.164. The number of unbranched alkanes of at least 4 members (excludes halogenated alkanes) is 2. The number of fused-ring (bicyclic) bond motifs is 1. The van der Waals surface area contributed by atoms with Crippen LogP contribution in [0.3, 0.4) is 0 Å². The van der Waals surface area contributed by atoms with Gasteiger partial charge in [-0.25, -0.2) is 0 Å². The highest BCUT2D eigenvalue weighted by Crippen LogP contribution is 2.65. The van der Waals surface area contributed by atoms with E-state index in [-0.39, 0.29) is 30.9 Å². The minimum Gasteiger partial charge on any atom is -0.465 e. The maximum absolute atomic E-state index is 14.2. The molecule has 0 saturated carbocycles. The Kier molecular flexibility index (Phi) is 8.11. The van der Waals surface area contributed by atoms with Crippen LogP contribution < -0.4 is 0 Å². The number of nitrogens with zero attached hydrogens (tertiary/aromatic N) is 2. The van der Waals surface area contributed by atoms with E-state index in [0.29, 0.717) is 19.4 Å². The molecule has 0 radical (unpaired) electrons. The molecule has 3 heterocycles. The van der Waals surface area contributed by atoms with Crippen LogP contribution in [-0.4, -0.2) is 81.3 Å². The molecule has 3 aliphatic heterocycles. The Bertz CT molecular complexity index is 897. The number of ether oxygens (including phenoxy) is 2. The predicted molar refractivity (Wildman–Crippen MR) is 137 cm³/mol. The monoisotopic (exact) mass is 504 g/mol. The Labute approximate surface area is 215 Å². The van der Waals surface area contributed by atoms with Gasteiger partial charge in [0.25, 0.3) is 0 Å². The molecule has 8 heteroatoms. The molecule has 0 aromatic carbocycles. The Balaban J connectivity index is 2.04. The molecule has 3 unspecified atom stereocenters. The van der Waals surface area contributed by atoms with Gasteiger partial charge in [0.1, 0.15) is 17.6 Å². The fraction of sp³-hybridized carbons (Fsp3) is 0.750. The van der Waals surface area contributed by atoms with E-state index in [1.165, 1.54) is 4.90 Å². The maximum Gasteiger partial charge on any atom is 0.312 e. The second kappa shape index (κ2) is 10.3. The average molecular weight is 505 g/mol. The topological polar surface area (TPSA) is 96.4 Å². The first-order valence-electron chi connectivity index (χ1n) is 13.1. The average Bonchev–Trinajstić information content (AvgIpc) is 3.32. The lowest BCUT2D eigenvalue weighted by Crippen LogP contribution is -2.61. The van der Waals surface area contributed by atoms with Crippen LogP contribution in [0.2, 0.25) is 0 Å². The summed E-state index contributed by atoms with van der Waals surface area (Å²) in [6, 6.07) is -1.57. The molecule has 3 saturated heterocycles. The summed E-state index contributed by atoms with van der Waals surface area (Å²) >= 11 is 0. The molecular weight excluding hydrogens is 460 g/mol. The number of rotatable bonds is 11. The van der Waals surface area contributed by atoms with Gasteiger partial charge in [-0.3, -0.25) is 14.4 Å². The highest BCUT2D eigenvalue weighted by atomic mass is 16.6. The Hall–Kier alpha value is -2.19. The van der Waals surface area contributed by atoms with E-state index in [4.69, 9.17) is 9.47 Å². The van der Waals surface area contributed by atoms with E-state index in [9.17, 15) is 19.5 Å². The number of likely N-dealkylation sites (tertiary alicyclic amines) is 1. The SMILES string of the molecule is C=CCCCCOC(=O)[C@H]1[C@H]2C(=O)N([C@H](C)CO)C(C(=O)N(CC=C)C(C)(C)C)C23CC(C)[C@]1(C)O3. The zero-order chi connectivity index (χ0) is 27.1. The number of hydrogen-bond donors (Lipinski definition) is 1. The standard InChI is InChI=1S/C28H44N2O6/c1-9-11-12-13-15-35-25(34)21-20-23(32)30(19(4)17-31)22(24(33)29(14-10-2)26(5,6)7)28(20)16-18(3)27(21,8)36-28/h9-10,18-22,31H,1-2,11-17H2,3-8H3/t18?,19-,20+,21-,22?,27+,28?/m1/s1. The lowest BCUT2D eigenvalue weighted by Gasteiger charge is -2.43. The molecule has 0 aromatic rings. The zero-order valence-electron chi connectivity index (χ0n) is 22.8. The Morgan fingerprint density at radius 3 is 2.53 bits per heavy atom. The van der Waals surface area contributed by atoms with Gasteiger partial charge in [0.05, 0.1) is 30.8 Å². The zero-order valence-corrected chi connectivity index (χ0v) is 22.8. The van der Waals surface area contributed by atoms with Crippen molar-refractivity contribution >= 4 is 17.8 Å². The maximum atomic E-state index is 14.2. The Morgan fingerprint density at radius 1 is 1.31 bits per heavy atom. The van der Waals surface area contributed by atoms with E-state index in [2.05, 4.69) is 13.2 Å². The van der Waals surface area contributed by atoms with Crippen molar-refractivity contribution in [3.63, 3.8) is 0 Å². The first kappa shape index (κ1) is 28.4. The molecule has 202 valence electrons. The van der Waals surface area contributed by atoms with Crippen molar-refractivity contribution in [2.45, 2.75) is 96.1 Å². The van der Waals surface area contributed by atoms with E-state index >= 15 is 0 Å². The van der Waals surface area contributed by atoms with Crippen LogP contribution in [-0.2, 0) is 23.9 Å². The van der Waals surface area contributed by atoms with Crippen molar-refractivity contribution in [3.8, 4) is 0 Å². The van der Waals surface area contributed by atoms with E-state index in [1.54, 1.807) is 17.9 Å². The number of hydrogen-bond acceptors (Lipinski definition) is 6. The van der Waals surface area contributed by atoms with Gasteiger partial charge in [0.15, 0.2) is 0 Å². The molecule has 1 N–H and O–H groups in total. The fourth-order valence-corrected chi connectivity index (χ4v) is 6.50. The van der Waals surface area contributed by atoms with E-state index in [0.717, 1.165) is 12.8 Å². The molecule has 1 spiro atoms. The molecule has 7 atom stereocenters. The summed E-state index contributed by atoms with van der Waals surface area (Å²) in [6.45, 7) is 19.2. The quantitative estimate of drug-likeness (QED) is 0.264. The van der Waals surface area contributed by atoms with Gasteiger partial charge in [-0.1, -0.05) is 19.1 Å². The van der Waals surface area contributed by atoms with Crippen LogP contribution in [0, 0.1) is 17.8 Å². The third-order valence-electron chi connectivity index (χ3n) is 8.41. The van der Waals surface area contributed by atoms with Gasteiger partial charge >= 0.3 is 5.97 Å². The van der Waals surface area contributed by atoms with Crippen molar-refractivity contribution in [3.05, 3.63) is 25.3 Å². The van der Waals surface area contributed by atoms with Gasteiger partial charge in [0, 0.05) is 12.1 Å². The summed E-state index contributed by atoms with van der Waals surface area (Å²) in [7, 11) is 0. The fourth-order valence-electron chi connectivity index (χ4n) is 6.50. The van der Waals surface area contributed by atoms with Crippen LogP contribution in [0.25, 0.3) is 0 Å². The van der Waals surface area contributed by atoms with Crippen LogP contribution in [0.1, 0.15) is 67.2 Å². The van der Waals surface area contributed by atoms with Gasteiger partial charge in [-0.15, -0.1) is 13.2 Å². The van der Waals surface area contributed by atoms with Gasteiger partial charge in [0.2, 0.25) is 11.8 Å². The number of aliphatic hydroxyl groups is 1. The van der Waals surface area contributed by atoms with Gasteiger partial charge in [-0.05, 0) is 66.2 Å². The number of amides is 2. The highest BCUT2D eigenvalue weighted by Gasteiger charge is 2.80. The first-order valence-corrected chi connectivity index (χ1v) is 13.1. The smallest absolute Gasteiger partial charge is 0.312 e. The minimum atomic E-state index is -1.16. The molecule has 3 rings (SSSR count). The number of allylic oxidation sites excluding steroid dienone is 1. The van der Waals surface area contributed by atoms with Crippen LogP contribution >= 0.6 is 0 Å². The minimum absolute atomic E-state index is 0.0676. The van der Waals surface area contributed by atoms with E-state index in [1.807, 2.05) is 40.7 Å². The summed E-state index contributed by atoms with van der Waals surface area (Å²) in [6.07, 6.45) is 6.38. The van der Waals surface area contributed by atoms with Crippen molar-refractivity contribution < 1.29 is 29.0 Å². The summed E-state index contributed by atoms with van der Waals surface area (Å²) in [5.74, 6) is -2.76. The summed E-state index contributed by atoms with van der Waals surface area (Å²) < 4.78 is 12.4. The normalized spacial score (nSPS) is 33.9. The predicted octanol–water partition coefficient (Wildman–Crippen LogP) is 3.09. The number of carbonyl (C=O) groups is 3. The molecule has 8 nitrogen and oxygen atoms in total. The van der Waals surface area contributed by atoms with Crippen molar-refractivity contribution in [2.75, 3.05) is 19.8 Å². The second-order valence-corrected chi connectivity index (χ2v) is 11.8. The second-order valence-electron chi connectivity index (χ2n) is 11.8. The van der Waals surface area contributed by atoms with Gasteiger partial charge in [-0.2, -0.15) is 0 Å². The lowest BCUT2D eigenvalue weighted by atomic mass is 9.62. The van der Waals surface area contributed by atoms with Gasteiger partial charge < -0.3 is 24.4 Å². The molecule has 0 aliphatic carbocycles. The number of esters is 1. The molecular formula is C28H44N2O6.